The predicted octanol–water partition coefficient (Wildman–Crippen LogP) is 2.84. The average molecular weight is 504 g/mol. The number of likely N-dealkylation sites (N-methyl/N-ethyl adjacent to an activating group) is 1. The average Bonchev–Trinajstić information content (AvgIpc) is 2.97. The van der Waals surface area contributed by atoms with E-state index in [1.807, 2.05) is 44.2 Å². The second-order valence-electron chi connectivity index (χ2n) is 8.26. The van der Waals surface area contributed by atoms with Crippen molar-refractivity contribution in [3.63, 3.8) is 0 Å². The molecule has 4 rings (SSSR count). The van der Waals surface area contributed by atoms with Crippen molar-refractivity contribution in [1.82, 2.24) is 4.31 Å². The summed E-state index contributed by atoms with van der Waals surface area (Å²) in [7, 11) is -3.74. The molecular formula is C24H29N3O5S2. The molecule has 1 atom stereocenters. The first-order valence-corrected chi connectivity index (χ1v) is 13.8. The van der Waals surface area contributed by atoms with E-state index in [2.05, 4.69) is 0 Å². The zero-order valence-electron chi connectivity index (χ0n) is 19.3. The van der Waals surface area contributed by atoms with Crippen LogP contribution in [0.4, 0.5) is 11.4 Å². The van der Waals surface area contributed by atoms with Crippen molar-refractivity contribution in [2.24, 2.45) is 5.92 Å². The molecule has 1 saturated heterocycles. The lowest BCUT2D eigenvalue weighted by atomic mass is 10.1. The Morgan fingerprint density at radius 1 is 1.15 bits per heavy atom. The standard InChI is InChI=1S/C24H29N3O5S2/c1-3-26(19-7-5-4-6-8-19)23(28)16-27-21-15-20(34(30,31)25-11-13-32-14-12-25)9-10-22(21)33-17-18(2)24(27)29/h4-10,15,18H,3,11-14,16-17H2,1-2H3/t18-/m1/s1. The van der Waals surface area contributed by atoms with E-state index < -0.39 is 10.0 Å². The van der Waals surface area contributed by atoms with Crippen LogP contribution in [0.2, 0.25) is 0 Å². The van der Waals surface area contributed by atoms with Crippen molar-refractivity contribution >= 4 is 45.0 Å². The molecule has 10 heteroatoms. The second-order valence-corrected chi connectivity index (χ2v) is 11.3. The van der Waals surface area contributed by atoms with Crippen molar-refractivity contribution in [2.75, 3.05) is 54.9 Å². The minimum absolute atomic E-state index is 0.115. The van der Waals surface area contributed by atoms with Gasteiger partial charge in [-0.3, -0.25) is 9.59 Å². The summed E-state index contributed by atoms with van der Waals surface area (Å²) in [5.74, 6) is -0.170. The van der Waals surface area contributed by atoms with Crippen LogP contribution in [0.3, 0.4) is 0 Å². The van der Waals surface area contributed by atoms with Crippen molar-refractivity contribution in [2.45, 2.75) is 23.6 Å². The third kappa shape index (κ3) is 5.00. The maximum atomic E-state index is 13.3. The molecule has 1 fully saturated rings. The number of carbonyl (C=O) groups is 2. The van der Waals surface area contributed by atoms with Crippen LogP contribution in [-0.2, 0) is 24.3 Å². The van der Waals surface area contributed by atoms with E-state index in [0.29, 0.717) is 31.2 Å². The second kappa shape index (κ2) is 10.5. The van der Waals surface area contributed by atoms with Crippen LogP contribution in [0.25, 0.3) is 0 Å². The number of thioether (sulfide) groups is 1. The summed E-state index contributed by atoms with van der Waals surface area (Å²) >= 11 is 1.50. The minimum Gasteiger partial charge on any atom is -0.379 e. The minimum atomic E-state index is -3.74. The van der Waals surface area contributed by atoms with Gasteiger partial charge in [-0.05, 0) is 37.3 Å². The molecule has 182 valence electrons. The molecule has 34 heavy (non-hydrogen) atoms. The molecule has 0 N–H and O–H groups in total. The van der Waals surface area contributed by atoms with E-state index in [-0.39, 0.29) is 42.3 Å². The third-order valence-electron chi connectivity index (χ3n) is 5.98. The number of hydrogen-bond donors (Lipinski definition) is 0. The Balaban J connectivity index is 1.69. The van der Waals surface area contributed by atoms with E-state index in [4.69, 9.17) is 4.74 Å². The predicted molar refractivity (Wildman–Crippen MR) is 133 cm³/mol. The number of sulfonamides is 1. The zero-order valence-corrected chi connectivity index (χ0v) is 21.0. The van der Waals surface area contributed by atoms with Crippen molar-refractivity contribution in [3.05, 3.63) is 48.5 Å². The molecule has 0 bridgehead atoms. The van der Waals surface area contributed by atoms with Gasteiger partial charge in [0.15, 0.2) is 0 Å². The van der Waals surface area contributed by atoms with Gasteiger partial charge in [0.05, 0.1) is 23.8 Å². The third-order valence-corrected chi connectivity index (χ3v) is 9.20. The molecule has 0 radical (unpaired) electrons. The molecule has 2 amide bonds. The first-order valence-electron chi connectivity index (χ1n) is 11.3. The molecule has 0 aromatic heterocycles. The van der Waals surface area contributed by atoms with Crippen LogP contribution in [0.1, 0.15) is 13.8 Å². The van der Waals surface area contributed by atoms with Gasteiger partial charge in [-0.15, -0.1) is 11.8 Å². The highest BCUT2D eigenvalue weighted by Gasteiger charge is 2.33. The van der Waals surface area contributed by atoms with Crippen LogP contribution in [0, 0.1) is 5.92 Å². The molecule has 0 aliphatic carbocycles. The number of hydrogen-bond acceptors (Lipinski definition) is 6. The molecule has 2 aromatic carbocycles. The van der Waals surface area contributed by atoms with Gasteiger partial charge in [0.1, 0.15) is 6.54 Å². The van der Waals surface area contributed by atoms with Crippen molar-refractivity contribution in [3.8, 4) is 0 Å². The van der Waals surface area contributed by atoms with Crippen molar-refractivity contribution < 1.29 is 22.7 Å². The van der Waals surface area contributed by atoms with Gasteiger partial charge in [-0.1, -0.05) is 25.1 Å². The number of para-hydroxylation sites is 1. The Bertz CT molecular complexity index is 1150. The highest BCUT2D eigenvalue weighted by molar-refractivity contribution is 7.99. The number of morpholine rings is 1. The summed E-state index contributed by atoms with van der Waals surface area (Å²) in [4.78, 5) is 30.6. The van der Waals surface area contributed by atoms with E-state index in [0.717, 1.165) is 10.6 Å². The topological polar surface area (TPSA) is 87.2 Å². The van der Waals surface area contributed by atoms with Gasteiger partial charge < -0.3 is 14.5 Å². The van der Waals surface area contributed by atoms with Gasteiger partial charge >= 0.3 is 0 Å². The lowest BCUT2D eigenvalue weighted by molar-refractivity contribution is -0.124. The molecule has 0 saturated carbocycles. The van der Waals surface area contributed by atoms with Gasteiger partial charge in [-0.25, -0.2) is 8.42 Å². The van der Waals surface area contributed by atoms with Crippen LogP contribution in [0.5, 0.6) is 0 Å². The van der Waals surface area contributed by atoms with E-state index in [1.165, 1.54) is 27.0 Å². The maximum absolute atomic E-state index is 13.3. The lowest BCUT2D eigenvalue weighted by Gasteiger charge is -2.29. The lowest BCUT2D eigenvalue weighted by Crippen LogP contribution is -2.45. The number of ether oxygens (including phenoxy) is 1. The first kappa shape index (κ1) is 24.7. The van der Waals surface area contributed by atoms with Crippen LogP contribution < -0.4 is 9.80 Å². The fourth-order valence-corrected chi connectivity index (χ4v) is 6.57. The largest absolute Gasteiger partial charge is 0.379 e. The molecule has 2 aliphatic heterocycles. The fourth-order valence-electron chi connectivity index (χ4n) is 4.09. The zero-order chi connectivity index (χ0) is 24.3. The van der Waals surface area contributed by atoms with Gasteiger partial charge in [0, 0.05) is 41.9 Å². The Kier molecular flexibility index (Phi) is 7.61. The number of benzene rings is 2. The summed E-state index contributed by atoms with van der Waals surface area (Å²) in [5.41, 5.74) is 1.22. The van der Waals surface area contributed by atoms with Crippen LogP contribution >= 0.6 is 11.8 Å². The van der Waals surface area contributed by atoms with Crippen LogP contribution in [-0.4, -0.2) is 69.7 Å². The van der Waals surface area contributed by atoms with E-state index >= 15 is 0 Å². The highest BCUT2D eigenvalue weighted by Crippen LogP contribution is 2.38. The quantitative estimate of drug-likeness (QED) is 0.603. The monoisotopic (exact) mass is 503 g/mol. The number of fused-ring (bicyclic) bond motifs is 1. The summed E-state index contributed by atoms with van der Waals surface area (Å²) in [6.45, 7) is 5.27. The molecular weight excluding hydrogens is 474 g/mol. The Hall–Kier alpha value is -2.40. The van der Waals surface area contributed by atoms with Crippen LogP contribution in [0.15, 0.2) is 58.3 Å². The Morgan fingerprint density at radius 2 is 1.85 bits per heavy atom. The van der Waals surface area contributed by atoms with Crippen molar-refractivity contribution in [1.29, 1.82) is 0 Å². The number of carbonyl (C=O) groups excluding carboxylic acids is 2. The van der Waals surface area contributed by atoms with E-state index in [1.54, 1.807) is 17.0 Å². The number of amides is 2. The molecule has 2 aliphatic rings. The number of nitrogens with zero attached hydrogens (tertiary/aromatic N) is 3. The maximum Gasteiger partial charge on any atom is 0.247 e. The molecule has 2 aromatic rings. The molecule has 2 heterocycles. The van der Waals surface area contributed by atoms with Gasteiger partial charge in [-0.2, -0.15) is 4.31 Å². The smallest absolute Gasteiger partial charge is 0.247 e. The Labute approximate surface area is 204 Å². The summed E-state index contributed by atoms with van der Waals surface area (Å²) in [6, 6.07) is 14.2. The van der Waals surface area contributed by atoms with Gasteiger partial charge in [0.25, 0.3) is 0 Å². The fraction of sp³-hybridized carbons (Fsp3) is 0.417. The van der Waals surface area contributed by atoms with E-state index in [9.17, 15) is 18.0 Å². The SMILES string of the molecule is CCN(C(=O)CN1C(=O)[C@H](C)CSc2ccc(S(=O)(=O)N3CCOCC3)cc21)c1ccccc1. The number of rotatable bonds is 6. The summed E-state index contributed by atoms with van der Waals surface area (Å²) < 4.78 is 33.2. The molecule has 0 spiro atoms. The van der Waals surface area contributed by atoms with Gasteiger partial charge in [0.2, 0.25) is 21.8 Å². The Morgan fingerprint density at radius 3 is 2.53 bits per heavy atom. The molecule has 0 unspecified atom stereocenters. The normalized spacial score (nSPS) is 19.4. The summed E-state index contributed by atoms with van der Waals surface area (Å²) in [6.07, 6.45) is 0. The summed E-state index contributed by atoms with van der Waals surface area (Å²) in [5, 5.41) is 0. The first-order chi connectivity index (χ1) is 16.3. The molecule has 8 nitrogen and oxygen atoms in total. The highest BCUT2D eigenvalue weighted by atomic mass is 32.2. The number of anilines is 2.